The Balaban J connectivity index is 2.10. The lowest BCUT2D eigenvalue weighted by molar-refractivity contribution is 0.100. The Morgan fingerprint density at radius 3 is 2.68 bits per heavy atom. The quantitative estimate of drug-likeness (QED) is 0.609. The van der Waals surface area contributed by atoms with Crippen LogP contribution in [0.4, 0.5) is 10.1 Å². The molecule has 0 spiro atoms. The van der Waals surface area contributed by atoms with Gasteiger partial charge in [0.1, 0.15) is 5.82 Å². The van der Waals surface area contributed by atoms with E-state index in [1.165, 1.54) is 23.4 Å². The van der Waals surface area contributed by atoms with Crippen molar-refractivity contribution in [2.24, 2.45) is 12.8 Å². The van der Waals surface area contributed by atoms with E-state index in [2.05, 4.69) is 5.10 Å². The van der Waals surface area contributed by atoms with Crippen molar-refractivity contribution in [3.8, 4) is 0 Å². The molecule has 0 unspecified atom stereocenters. The van der Waals surface area contributed by atoms with Crippen LogP contribution in [0.2, 0.25) is 0 Å². The number of ketones is 1. The first-order valence-electron chi connectivity index (χ1n) is 8.71. The molecule has 3 rings (SSSR count). The molecule has 0 bridgehead atoms. The summed E-state index contributed by atoms with van der Waals surface area (Å²) in [5.41, 5.74) is 6.68. The molecule has 0 atom stereocenters. The number of nitrogens with two attached hydrogens (primary N) is 1. The maximum atomic E-state index is 14.6. The molecule has 7 nitrogen and oxygen atoms in total. The van der Waals surface area contributed by atoms with Crippen LogP contribution in [0, 0.1) is 5.82 Å². The number of carbonyl (C=O) groups excluding carboxylic acids is 1. The van der Waals surface area contributed by atoms with Crippen LogP contribution in [-0.2, 0) is 23.6 Å². The third-order valence-electron chi connectivity index (χ3n) is 4.58. The van der Waals surface area contributed by atoms with Crippen LogP contribution in [0.5, 0.6) is 0 Å². The van der Waals surface area contributed by atoms with E-state index in [9.17, 15) is 17.6 Å². The predicted molar refractivity (Wildman–Crippen MR) is 106 cm³/mol. The van der Waals surface area contributed by atoms with E-state index in [4.69, 9.17) is 5.73 Å². The van der Waals surface area contributed by atoms with Crippen molar-refractivity contribution in [1.82, 2.24) is 9.78 Å². The van der Waals surface area contributed by atoms with Crippen molar-refractivity contribution in [2.45, 2.75) is 13.5 Å². The van der Waals surface area contributed by atoms with Crippen molar-refractivity contribution in [2.75, 3.05) is 16.6 Å². The van der Waals surface area contributed by atoms with Gasteiger partial charge in [0.05, 0.1) is 36.2 Å². The van der Waals surface area contributed by atoms with Crippen LogP contribution in [0.1, 0.15) is 22.8 Å². The molecule has 148 valence electrons. The Morgan fingerprint density at radius 1 is 1.29 bits per heavy atom. The van der Waals surface area contributed by atoms with E-state index in [1.54, 1.807) is 30.1 Å². The average molecular weight is 404 g/mol. The highest BCUT2D eigenvalue weighted by Gasteiger charge is 2.25. The molecular formula is C19H21FN4O3S. The second kappa shape index (κ2) is 7.69. The van der Waals surface area contributed by atoms with Gasteiger partial charge in [-0.25, -0.2) is 12.8 Å². The Morgan fingerprint density at radius 2 is 2.04 bits per heavy atom. The van der Waals surface area contributed by atoms with E-state index >= 15 is 0 Å². The third kappa shape index (κ3) is 3.63. The molecule has 2 N–H and O–H groups in total. The Labute approximate surface area is 162 Å². The molecule has 0 saturated heterocycles. The zero-order chi connectivity index (χ0) is 20.5. The number of nitrogens with zero attached hydrogens (tertiary/aromatic N) is 3. The normalized spacial score (nSPS) is 11.7. The van der Waals surface area contributed by atoms with Gasteiger partial charge in [-0.1, -0.05) is 24.3 Å². The summed E-state index contributed by atoms with van der Waals surface area (Å²) in [6.07, 6.45) is 1.64. The molecule has 2 aromatic carbocycles. The third-order valence-corrected chi connectivity index (χ3v) is 6.31. The molecule has 1 heterocycles. The Hall–Kier alpha value is -2.78. The first-order chi connectivity index (χ1) is 13.3. The molecule has 0 radical (unpaired) electrons. The molecule has 28 heavy (non-hydrogen) atoms. The van der Waals surface area contributed by atoms with Gasteiger partial charge in [0, 0.05) is 23.6 Å². The first-order valence-corrected chi connectivity index (χ1v) is 10.3. The SMILES string of the molecule is CCS(=O)(=O)N(Cc1ccc(C(=O)CN)cc1F)c1cccc2cnn(C)c12. The molecular weight excluding hydrogens is 383 g/mol. The zero-order valence-electron chi connectivity index (χ0n) is 15.6. The predicted octanol–water partition coefficient (Wildman–Crippen LogP) is 2.21. The first kappa shape index (κ1) is 20.0. The summed E-state index contributed by atoms with van der Waals surface area (Å²) < 4.78 is 43.0. The highest BCUT2D eigenvalue weighted by molar-refractivity contribution is 7.92. The topological polar surface area (TPSA) is 98.3 Å². The second-order valence-corrected chi connectivity index (χ2v) is 8.51. The summed E-state index contributed by atoms with van der Waals surface area (Å²) in [4.78, 5) is 11.7. The average Bonchev–Trinajstić information content (AvgIpc) is 3.07. The number of rotatable bonds is 7. The van der Waals surface area contributed by atoms with E-state index in [0.29, 0.717) is 11.2 Å². The van der Waals surface area contributed by atoms with Crippen LogP contribution < -0.4 is 10.0 Å². The molecule has 9 heteroatoms. The summed E-state index contributed by atoms with van der Waals surface area (Å²) in [7, 11) is -1.99. The summed E-state index contributed by atoms with van der Waals surface area (Å²) in [5.74, 6) is -1.19. The van der Waals surface area contributed by atoms with Gasteiger partial charge in [-0.15, -0.1) is 0 Å². The standard InChI is InChI=1S/C19H21FN4O3S/c1-3-28(26,27)24(17-6-4-5-14-11-22-23(2)19(14)17)12-15-8-7-13(9-16(15)20)18(25)10-21/h4-9,11H,3,10,12,21H2,1-2H3. The fourth-order valence-electron chi connectivity index (χ4n) is 3.02. The largest absolute Gasteiger partial charge is 0.324 e. The van der Waals surface area contributed by atoms with Crippen molar-refractivity contribution in [3.05, 3.63) is 59.5 Å². The van der Waals surface area contributed by atoms with Crippen molar-refractivity contribution >= 4 is 32.4 Å². The smallest absolute Gasteiger partial charge is 0.235 e. The fourth-order valence-corrected chi connectivity index (χ4v) is 4.12. The Kier molecular flexibility index (Phi) is 5.48. The number of sulfonamides is 1. The van der Waals surface area contributed by atoms with Crippen LogP contribution in [0.3, 0.4) is 0 Å². The fraction of sp³-hybridized carbons (Fsp3) is 0.263. The van der Waals surface area contributed by atoms with Gasteiger partial charge in [-0.05, 0) is 19.1 Å². The van der Waals surface area contributed by atoms with Crippen molar-refractivity contribution < 1.29 is 17.6 Å². The summed E-state index contributed by atoms with van der Waals surface area (Å²) in [6, 6.07) is 9.19. The molecule has 0 aliphatic carbocycles. The number of halogens is 1. The minimum absolute atomic E-state index is 0.146. The molecule has 1 aromatic heterocycles. The lowest BCUT2D eigenvalue weighted by Gasteiger charge is -2.25. The molecule has 0 amide bonds. The number of hydrogen-bond acceptors (Lipinski definition) is 5. The van der Waals surface area contributed by atoms with Gasteiger partial charge in [-0.3, -0.25) is 13.8 Å². The number of aromatic nitrogens is 2. The van der Waals surface area contributed by atoms with Crippen LogP contribution >= 0.6 is 0 Å². The van der Waals surface area contributed by atoms with Gasteiger partial charge in [0.2, 0.25) is 10.0 Å². The number of aryl methyl sites for hydroxylation is 1. The Bertz CT molecular complexity index is 1140. The van der Waals surface area contributed by atoms with Gasteiger partial charge in [0.15, 0.2) is 5.78 Å². The highest BCUT2D eigenvalue weighted by Crippen LogP contribution is 2.30. The maximum absolute atomic E-state index is 14.6. The van der Waals surface area contributed by atoms with Crippen LogP contribution in [0.25, 0.3) is 10.9 Å². The van der Waals surface area contributed by atoms with Gasteiger partial charge < -0.3 is 5.73 Å². The van der Waals surface area contributed by atoms with E-state index in [0.717, 1.165) is 11.5 Å². The molecule has 3 aromatic rings. The summed E-state index contributed by atoms with van der Waals surface area (Å²) in [6.45, 7) is 1.10. The summed E-state index contributed by atoms with van der Waals surface area (Å²) >= 11 is 0. The van der Waals surface area contributed by atoms with Gasteiger partial charge in [-0.2, -0.15) is 5.10 Å². The number of anilines is 1. The summed E-state index contributed by atoms with van der Waals surface area (Å²) in [5, 5.41) is 4.96. The molecule has 0 aliphatic heterocycles. The number of carbonyl (C=O) groups is 1. The van der Waals surface area contributed by atoms with E-state index < -0.39 is 15.8 Å². The molecule has 0 fully saturated rings. The number of para-hydroxylation sites is 1. The van der Waals surface area contributed by atoms with Crippen molar-refractivity contribution in [1.29, 1.82) is 0 Å². The lowest BCUT2D eigenvalue weighted by Crippen LogP contribution is -2.32. The van der Waals surface area contributed by atoms with Gasteiger partial charge >= 0.3 is 0 Å². The highest BCUT2D eigenvalue weighted by atomic mass is 32.2. The number of Topliss-reactive ketones (excluding diaryl/α,β-unsaturated/α-hetero) is 1. The van der Waals surface area contributed by atoms with E-state index in [-0.39, 0.29) is 35.8 Å². The maximum Gasteiger partial charge on any atom is 0.235 e. The monoisotopic (exact) mass is 404 g/mol. The number of hydrogen-bond donors (Lipinski definition) is 1. The molecule has 0 saturated carbocycles. The van der Waals surface area contributed by atoms with Crippen LogP contribution in [-0.4, -0.2) is 36.3 Å². The molecule has 0 aliphatic rings. The number of fused-ring (bicyclic) bond motifs is 1. The van der Waals surface area contributed by atoms with Crippen molar-refractivity contribution in [3.63, 3.8) is 0 Å². The lowest BCUT2D eigenvalue weighted by atomic mass is 10.1. The minimum Gasteiger partial charge on any atom is -0.324 e. The van der Waals surface area contributed by atoms with Gasteiger partial charge in [0.25, 0.3) is 0 Å². The second-order valence-electron chi connectivity index (χ2n) is 6.32. The number of benzene rings is 2. The van der Waals surface area contributed by atoms with Crippen LogP contribution in [0.15, 0.2) is 42.6 Å². The van der Waals surface area contributed by atoms with E-state index in [1.807, 2.05) is 6.07 Å². The minimum atomic E-state index is -3.71. The zero-order valence-corrected chi connectivity index (χ0v) is 16.4.